The van der Waals surface area contributed by atoms with Gasteiger partial charge < -0.3 is 300 Å². The van der Waals surface area contributed by atoms with Crippen molar-refractivity contribution in [2.75, 3.05) is 79.3 Å². The summed E-state index contributed by atoms with van der Waals surface area (Å²) in [5.74, 6) is -6.00. The molecule has 0 aromatic rings. The number of ether oxygens (including phenoxy) is 22. The van der Waals surface area contributed by atoms with Crippen LogP contribution in [0.5, 0.6) is 0 Å². The first-order valence-corrected chi connectivity index (χ1v) is 47.9. The predicted octanol–water partition coefficient (Wildman–Crippen LogP) is -25.6. The quantitative estimate of drug-likeness (QED) is 0.0270. The van der Waals surface area contributed by atoms with Crippen LogP contribution >= 0.6 is 0 Å². The van der Waals surface area contributed by atoms with E-state index in [-0.39, 0.29) is 0 Å². The summed E-state index contributed by atoms with van der Waals surface area (Å²) < 4.78 is 133. The topological polar surface area (TPSA) is 1030 Å². The first kappa shape index (κ1) is 125. The summed E-state index contributed by atoms with van der Waals surface area (Å²) in [5, 5.41) is 378. The molecule has 0 aromatic heterocycles. The van der Waals surface area contributed by atoms with Crippen LogP contribution in [-0.4, -0.2) is 640 Å². The van der Waals surface area contributed by atoms with Crippen molar-refractivity contribution in [3.63, 3.8) is 0 Å². The third kappa shape index (κ3) is 28.7. The molecule has 59 atom stereocenters. The van der Waals surface area contributed by atoms with Crippen LogP contribution in [0.4, 0.5) is 0 Å². The molecule has 11 fully saturated rings. The van der Waals surface area contributed by atoms with Gasteiger partial charge in [0.05, 0.1) is 91.4 Å². The molecule has 6 amide bonds. The molecule has 0 spiro atoms. The Hall–Kier alpha value is -5.34. The molecule has 11 saturated heterocycles. The lowest BCUT2D eigenvalue weighted by atomic mass is 9.93. The monoisotopic (exact) mass is 2190 g/mol. The average Bonchev–Trinajstić information content (AvgIpc) is 0.755. The fourth-order valence-electron chi connectivity index (χ4n) is 19.1. The Kier molecular flexibility index (Phi) is 46.1. The van der Waals surface area contributed by atoms with Crippen molar-refractivity contribution in [2.45, 2.75) is 410 Å². The van der Waals surface area contributed by atoms with Crippen LogP contribution in [0.1, 0.15) is 48.5 Å². The van der Waals surface area contributed by atoms with E-state index in [1.165, 1.54) is 6.92 Å². The minimum absolute atomic E-state index is 0.841. The van der Waals surface area contributed by atoms with E-state index in [4.69, 9.17) is 104 Å². The van der Waals surface area contributed by atoms with Crippen LogP contribution in [0.2, 0.25) is 0 Å². The van der Waals surface area contributed by atoms with Crippen molar-refractivity contribution in [2.24, 2.45) is 0 Å². The summed E-state index contributed by atoms with van der Waals surface area (Å²) in [6, 6.07) is -12.0. The lowest BCUT2D eigenvalue weighted by Gasteiger charge is -2.52. The second kappa shape index (κ2) is 55.4. The van der Waals surface area contributed by atoms with Gasteiger partial charge in [0.2, 0.25) is 35.4 Å². The minimum atomic E-state index is -2.85. The number of hydrogen-bond acceptors (Lipinski definition) is 60. The molecule has 0 radical (unpaired) electrons. The van der Waals surface area contributed by atoms with Crippen LogP contribution in [0.25, 0.3) is 0 Å². The van der Waals surface area contributed by atoms with Gasteiger partial charge in [-0.1, -0.05) is 0 Å². The van der Waals surface area contributed by atoms with Gasteiger partial charge in [0.15, 0.2) is 69.2 Å². The minimum Gasteiger partial charge on any atom is -0.394 e. The number of carbonyl (C=O) groups is 6. The van der Waals surface area contributed by atoms with E-state index >= 15 is 0 Å². The molecular formula is C84H142N6O60. The number of carbonyl (C=O) groups excluding carboxylic acids is 6. The molecule has 0 saturated carbocycles. The maximum Gasteiger partial charge on any atom is 0.217 e. The Morgan fingerprint density at radius 2 is 0.533 bits per heavy atom. The van der Waals surface area contributed by atoms with E-state index in [9.17, 15) is 192 Å². The summed E-state index contributed by atoms with van der Waals surface area (Å²) in [7, 11) is 0. The van der Waals surface area contributed by atoms with Crippen molar-refractivity contribution in [1.82, 2.24) is 31.9 Å². The van der Waals surface area contributed by atoms with Gasteiger partial charge in [-0.25, -0.2) is 0 Å². The zero-order chi connectivity index (χ0) is 111. The maximum absolute atomic E-state index is 13.5. The fraction of sp³-hybridized carbons (Fsp3) is 0.929. The fourth-order valence-corrected chi connectivity index (χ4v) is 19.1. The number of rotatable bonds is 43. The highest BCUT2D eigenvalue weighted by atomic mass is 16.8. The normalized spacial score (nSPS) is 46.5. The maximum atomic E-state index is 13.5. The Morgan fingerprint density at radius 3 is 0.940 bits per heavy atom. The molecule has 66 heteroatoms. The number of nitrogens with one attached hydrogen (secondary N) is 6. The van der Waals surface area contributed by atoms with Crippen molar-refractivity contribution in [3.8, 4) is 0 Å². The number of aliphatic hydroxyl groups excluding tert-OH is 32. The SMILES string of the molecule is CC(=O)N[C@H]1[C@H](O[C@@H]([C@H](O)[C@H](CO)NC(C)=O)[C@H](O)CO[C@@H]2O[C@@H](C)[C@@H](O)[C@@H](O)[C@@H]2O)O[C@H](CO)[C@@H](O[C@@H]2O[C@H](CO[C@H]3O[C@H](CO[C@@H]4O[C@H](CO)[C@@H](O)[C@H](O)[C@H]4NC(C)=O)[C@@H](O)[C@H](O)[C@@H]3O[C@@H]3O[C@H](CO)[C@@H](O[C@@H]4O[C@H](CO)[C@H](O)[C@H](O)[C@H]4O)[C@H](O)[C@H]3NC(C)=O)[C@@H](O)[C@H](O[C@H]3O[C@H](CO)[C@@H](O[C@@H]4O[C@H](CO)[C@@H](O)[C@H](O)[C@H]4NC(C)=O)[C@H](O)[C@@H]3O[C@@H]3O[C@H](CO)[C@@H](O[C@@H]4O[C@H](CO)[C@H](O)[C@H](O)[C@H]4O)[C@H](O)[C@H]3NC(C)=O)[C@@H]2O)[C@@H]1O. The molecule has 11 heterocycles. The van der Waals surface area contributed by atoms with E-state index in [1.807, 2.05) is 0 Å². The smallest absolute Gasteiger partial charge is 0.217 e. The molecule has 0 bridgehead atoms. The Bertz CT molecular complexity index is 4190. The van der Waals surface area contributed by atoms with Crippen LogP contribution in [0.15, 0.2) is 0 Å². The molecule has 11 aliphatic rings. The Balaban J connectivity index is 1.02. The largest absolute Gasteiger partial charge is 0.394 e. The standard InChI is InChI=1S/C84H142N6O60/c1-20-44(107)57(120)61(124)79(132-20)129-17-28(106)66(45(108)27(8-91)85-21(2)100)143-76-41(88-24(5)103)54(117)69(35(15-98)137-76)147-82-65(128)71(148-84-73(64(127)70(36(16-99)140-84)144-75-40(87-23(4)102)53(116)47(110)30(10-93)134-75)150-78-43(90-26(7)105)56(119)68(34(14-97)139-78)146-81-63(126)59(122)49(112)32(12-95)136-81)51(114)38(141-82)19-131-83-72(60(123)50(113)37(142-83)18-130-74-39(86-22(3)101)52(115)46(109)29(9-92)133-74)149-77-42(89-25(6)104)55(118)67(33(13-96)138-77)145-80-62(125)58(121)48(111)31(11-94)135-80/h20,27-84,91-99,106-128H,8-19H2,1-7H3,(H,85,100)(H,86,101)(H,87,102)(H,88,103)(H,89,104)(H,90,105)/t20-,27-,28+,29+,30+,31+,32+,33+,34+,35+,36+,37+,38+,39+,40+,41+,42+,43+,44+,45+,46+,47+,48-,49-,50+,51+,52+,53+,54+,55+,56+,57+,58-,59-,60-,61-,62+,63+,64-,65-,66+,67+,68+,69+,70+,71-,72-,73-,74+,75-,76-,77-,78-,79+,80-,81-,82-,83-,84+/m0/s1. The summed E-state index contributed by atoms with van der Waals surface area (Å²) in [6.45, 7) is -7.79. The van der Waals surface area contributed by atoms with Gasteiger partial charge in [0, 0.05) is 41.5 Å². The van der Waals surface area contributed by atoms with Gasteiger partial charge in [-0.2, -0.15) is 0 Å². The average molecular weight is 2200 g/mol. The van der Waals surface area contributed by atoms with Gasteiger partial charge in [-0.15, -0.1) is 0 Å². The van der Waals surface area contributed by atoms with E-state index < -0.39 is 477 Å². The van der Waals surface area contributed by atoms with Crippen LogP contribution < -0.4 is 31.9 Å². The zero-order valence-electron chi connectivity index (χ0n) is 81.3. The molecule has 868 valence electrons. The van der Waals surface area contributed by atoms with Crippen LogP contribution in [-0.2, 0) is 133 Å². The van der Waals surface area contributed by atoms with Gasteiger partial charge in [0.25, 0.3) is 0 Å². The van der Waals surface area contributed by atoms with E-state index in [2.05, 4.69) is 31.9 Å². The third-order valence-corrected chi connectivity index (χ3v) is 27.1. The first-order valence-electron chi connectivity index (χ1n) is 47.9. The summed E-state index contributed by atoms with van der Waals surface area (Å²) >= 11 is 0. The summed E-state index contributed by atoms with van der Waals surface area (Å²) in [4.78, 5) is 78.4. The van der Waals surface area contributed by atoms with Crippen LogP contribution in [0.3, 0.4) is 0 Å². The summed E-state index contributed by atoms with van der Waals surface area (Å²) in [5.41, 5.74) is 0. The van der Waals surface area contributed by atoms with E-state index in [1.54, 1.807) is 0 Å². The van der Waals surface area contributed by atoms with Gasteiger partial charge in [-0.3, -0.25) is 28.8 Å². The highest BCUT2D eigenvalue weighted by molar-refractivity contribution is 5.75. The lowest BCUT2D eigenvalue weighted by molar-refractivity contribution is -0.405. The molecular weight excluding hydrogens is 2050 g/mol. The van der Waals surface area contributed by atoms with Gasteiger partial charge >= 0.3 is 0 Å². The van der Waals surface area contributed by atoms with Crippen molar-refractivity contribution in [1.29, 1.82) is 0 Å². The molecule has 0 aromatic carbocycles. The number of amides is 6. The van der Waals surface area contributed by atoms with Crippen molar-refractivity contribution < 1.29 is 296 Å². The van der Waals surface area contributed by atoms with E-state index in [0.717, 1.165) is 41.5 Å². The van der Waals surface area contributed by atoms with Gasteiger partial charge in [-0.05, 0) is 6.92 Å². The lowest BCUT2D eigenvalue weighted by Crippen LogP contribution is -2.71. The van der Waals surface area contributed by atoms with Crippen molar-refractivity contribution >= 4 is 35.4 Å². The predicted molar refractivity (Wildman–Crippen MR) is 465 cm³/mol. The van der Waals surface area contributed by atoms with E-state index in [0.29, 0.717) is 0 Å². The van der Waals surface area contributed by atoms with Gasteiger partial charge in [0.1, 0.15) is 280 Å². The molecule has 0 aliphatic carbocycles. The molecule has 150 heavy (non-hydrogen) atoms. The molecule has 11 aliphatic heterocycles. The molecule has 11 rings (SSSR count). The highest BCUT2D eigenvalue weighted by Crippen LogP contribution is 2.42. The molecule has 66 nitrogen and oxygen atoms in total. The number of aliphatic hydroxyl groups is 32. The van der Waals surface area contributed by atoms with Crippen LogP contribution in [0, 0.1) is 0 Å². The van der Waals surface area contributed by atoms with Crippen molar-refractivity contribution in [3.05, 3.63) is 0 Å². The first-order chi connectivity index (χ1) is 70.9. The molecule has 38 N–H and O–H groups in total. The zero-order valence-corrected chi connectivity index (χ0v) is 81.3. The molecule has 0 unspecified atom stereocenters. The highest BCUT2D eigenvalue weighted by Gasteiger charge is 2.63. The Morgan fingerprint density at radius 1 is 0.247 bits per heavy atom. The Labute approximate surface area is 850 Å². The number of hydrogen-bond donors (Lipinski definition) is 38. The third-order valence-electron chi connectivity index (χ3n) is 27.1. The summed E-state index contributed by atoms with van der Waals surface area (Å²) in [6.07, 6.45) is -117. The second-order valence-corrected chi connectivity index (χ2v) is 37.9. The second-order valence-electron chi connectivity index (χ2n) is 37.9.